The van der Waals surface area contributed by atoms with E-state index < -0.39 is 5.97 Å². The van der Waals surface area contributed by atoms with Crippen LogP contribution in [0.2, 0.25) is 0 Å². The Morgan fingerprint density at radius 2 is 1.97 bits per heavy atom. The molecule has 0 bridgehead atoms. The number of hydrogen-bond donors (Lipinski definition) is 1. The Labute approximate surface area is 207 Å². The van der Waals surface area contributed by atoms with Gasteiger partial charge in [-0.1, -0.05) is 24.8 Å². The van der Waals surface area contributed by atoms with Gasteiger partial charge in [-0.15, -0.1) is 28.1 Å². The van der Waals surface area contributed by atoms with Gasteiger partial charge in [0.25, 0.3) is 0 Å². The molecule has 34 heavy (non-hydrogen) atoms. The summed E-state index contributed by atoms with van der Waals surface area (Å²) in [5.41, 5.74) is 2.21. The molecule has 0 spiro atoms. The van der Waals surface area contributed by atoms with E-state index in [0.717, 1.165) is 21.8 Å². The number of carbonyl (C=O) groups is 2. The van der Waals surface area contributed by atoms with Crippen molar-refractivity contribution in [2.24, 2.45) is 0 Å². The number of thiophene rings is 1. The number of hydrogen-bond acceptors (Lipinski definition) is 8. The first-order valence-electron chi connectivity index (χ1n) is 10.8. The van der Waals surface area contributed by atoms with Crippen molar-refractivity contribution < 1.29 is 19.1 Å². The average molecular weight is 501 g/mol. The SMILES string of the molecule is C=CCn1c(SCC(=O)Nc2sc(C)c(CC)c2C(=O)OC)nnc1-c1ccc(OCC)cc1. The molecule has 2 heterocycles. The Hall–Kier alpha value is -3.11. The van der Waals surface area contributed by atoms with Gasteiger partial charge >= 0.3 is 5.97 Å². The largest absolute Gasteiger partial charge is 0.494 e. The summed E-state index contributed by atoms with van der Waals surface area (Å²) in [4.78, 5) is 26.0. The molecule has 0 unspecified atom stereocenters. The highest BCUT2D eigenvalue weighted by Crippen LogP contribution is 2.34. The van der Waals surface area contributed by atoms with Gasteiger partial charge in [-0.3, -0.25) is 9.36 Å². The minimum Gasteiger partial charge on any atom is -0.494 e. The van der Waals surface area contributed by atoms with Crippen LogP contribution in [0.25, 0.3) is 11.4 Å². The number of nitrogens with zero attached hydrogens (tertiary/aromatic N) is 3. The second-order valence-corrected chi connectivity index (χ2v) is 9.35. The Morgan fingerprint density at radius 3 is 2.59 bits per heavy atom. The Balaban J connectivity index is 1.75. The number of esters is 1. The fourth-order valence-electron chi connectivity index (χ4n) is 3.47. The highest BCUT2D eigenvalue weighted by molar-refractivity contribution is 7.99. The Kier molecular flexibility index (Phi) is 8.89. The van der Waals surface area contributed by atoms with Crippen LogP contribution in [0.5, 0.6) is 5.75 Å². The molecule has 1 aromatic carbocycles. The molecule has 2 aromatic heterocycles. The van der Waals surface area contributed by atoms with E-state index in [1.54, 1.807) is 6.08 Å². The van der Waals surface area contributed by atoms with Gasteiger partial charge in [0.15, 0.2) is 11.0 Å². The summed E-state index contributed by atoms with van der Waals surface area (Å²) in [6.45, 7) is 10.8. The Morgan fingerprint density at radius 1 is 1.24 bits per heavy atom. The lowest BCUT2D eigenvalue weighted by atomic mass is 10.1. The number of amides is 1. The quantitative estimate of drug-likeness (QED) is 0.225. The molecule has 1 amide bonds. The van der Waals surface area contributed by atoms with Crippen molar-refractivity contribution in [3.63, 3.8) is 0 Å². The predicted octanol–water partition coefficient (Wildman–Crippen LogP) is 4.98. The van der Waals surface area contributed by atoms with E-state index in [9.17, 15) is 9.59 Å². The number of nitrogens with one attached hydrogen (secondary N) is 1. The van der Waals surface area contributed by atoms with E-state index in [0.29, 0.717) is 41.1 Å². The molecule has 0 aliphatic heterocycles. The third-order valence-corrected chi connectivity index (χ3v) is 7.02. The first kappa shape index (κ1) is 25.5. The van der Waals surface area contributed by atoms with Crippen LogP contribution >= 0.6 is 23.1 Å². The molecule has 0 saturated heterocycles. The van der Waals surface area contributed by atoms with Gasteiger partial charge in [-0.05, 0) is 50.1 Å². The van der Waals surface area contributed by atoms with E-state index in [1.807, 2.05) is 49.6 Å². The monoisotopic (exact) mass is 500 g/mol. The number of carbonyl (C=O) groups excluding carboxylic acids is 2. The maximum Gasteiger partial charge on any atom is 0.341 e. The highest BCUT2D eigenvalue weighted by Gasteiger charge is 2.23. The zero-order valence-electron chi connectivity index (χ0n) is 19.7. The number of rotatable bonds is 11. The topological polar surface area (TPSA) is 95.3 Å². The van der Waals surface area contributed by atoms with Crippen LogP contribution in [0.3, 0.4) is 0 Å². The molecule has 3 aromatic rings. The molecule has 10 heteroatoms. The summed E-state index contributed by atoms with van der Waals surface area (Å²) in [5.74, 6) is 0.885. The first-order valence-corrected chi connectivity index (χ1v) is 12.6. The number of thioether (sulfide) groups is 1. The maximum absolute atomic E-state index is 12.7. The lowest BCUT2D eigenvalue weighted by Crippen LogP contribution is -2.16. The van der Waals surface area contributed by atoms with Gasteiger partial charge in [0.2, 0.25) is 5.91 Å². The van der Waals surface area contributed by atoms with Crippen molar-refractivity contribution in [3.05, 3.63) is 52.9 Å². The second kappa shape index (κ2) is 11.8. The third-order valence-electron chi connectivity index (χ3n) is 4.99. The van der Waals surface area contributed by atoms with Crippen LogP contribution in [-0.2, 0) is 22.5 Å². The minimum atomic E-state index is -0.449. The van der Waals surface area contributed by atoms with Gasteiger partial charge in [0, 0.05) is 17.0 Å². The van der Waals surface area contributed by atoms with E-state index in [2.05, 4.69) is 22.1 Å². The smallest absolute Gasteiger partial charge is 0.341 e. The number of ether oxygens (including phenoxy) is 2. The number of allylic oxidation sites excluding steroid dienone is 1. The second-order valence-electron chi connectivity index (χ2n) is 7.19. The minimum absolute atomic E-state index is 0.109. The lowest BCUT2D eigenvalue weighted by Gasteiger charge is -2.09. The standard InChI is InChI=1S/C24H28N4O4S2/c1-6-13-28-21(16-9-11-17(12-10-16)32-8-3)26-27-24(28)33-14-19(29)25-22-20(23(30)31-5)18(7-2)15(4)34-22/h6,9-12H,1,7-8,13-14H2,2-5H3,(H,25,29). The summed E-state index contributed by atoms with van der Waals surface area (Å²) in [7, 11) is 1.34. The van der Waals surface area contributed by atoms with Crippen molar-refractivity contribution >= 4 is 40.0 Å². The Bertz CT molecular complexity index is 1170. The molecule has 0 saturated carbocycles. The summed E-state index contributed by atoms with van der Waals surface area (Å²) >= 11 is 2.65. The molecule has 0 aliphatic carbocycles. The molecule has 0 radical (unpaired) electrons. The van der Waals surface area contributed by atoms with Crippen molar-refractivity contribution in [1.82, 2.24) is 14.8 Å². The fourth-order valence-corrected chi connectivity index (χ4v) is 5.37. The van der Waals surface area contributed by atoms with Crippen LogP contribution < -0.4 is 10.1 Å². The van der Waals surface area contributed by atoms with E-state index in [4.69, 9.17) is 9.47 Å². The zero-order valence-corrected chi connectivity index (χ0v) is 21.3. The van der Waals surface area contributed by atoms with Gasteiger partial charge in [0.1, 0.15) is 10.8 Å². The summed E-state index contributed by atoms with van der Waals surface area (Å²) in [6, 6.07) is 7.63. The zero-order chi connectivity index (χ0) is 24.7. The first-order chi connectivity index (χ1) is 16.4. The van der Waals surface area contributed by atoms with E-state index in [-0.39, 0.29) is 11.7 Å². The van der Waals surface area contributed by atoms with Gasteiger partial charge in [-0.2, -0.15) is 0 Å². The molecule has 8 nitrogen and oxygen atoms in total. The predicted molar refractivity (Wildman–Crippen MR) is 136 cm³/mol. The summed E-state index contributed by atoms with van der Waals surface area (Å²) < 4.78 is 12.3. The summed E-state index contributed by atoms with van der Waals surface area (Å²) in [6.07, 6.45) is 2.44. The normalized spacial score (nSPS) is 10.7. The molecule has 0 aliphatic rings. The number of anilines is 1. The number of methoxy groups -OCH3 is 1. The fraction of sp³-hybridized carbons (Fsp3) is 0.333. The third kappa shape index (κ3) is 5.68. The maximum atomic E-state index is 12.7. The van der Waals surface area contributed by atoms with Crippen LogP contribution in [0.1, 0.15) is 34.6 Å². The van der Waals surface area contributed by atoms with Crippen LogP contribution in [0.4, 0.5) is 5.00 Å². The van der Waals surface area contributed by atoms with Crippen LogP contribution in [0, 0.1) is 6.92 Å². The van der Waals surface area contributed by atoms with Crippen molar-refractivity contribution in [1.29, 1.82) is 0 Å². The molecular weight excluding hydrogens is 472 g/mol. The number of aromatic nitrogens is 3. The molecule has 0 fully saturated rings. The average Bonchev–Trinajstić information content (AvgIpc) is 3.37. The van der Waals surface area contributed by atoms with Crippen molar-refractivity contribution in [3.8, 4) is 17.1 Å². The number of aryl methyl sites for hydroxylation is 1. The van der Waals surface area contributed by atoms with Crippen LogP contribution in [-0.4, -0.2) is 46.1 Å². The van der Waals surface area contributed by atoms with Crippen molar-refractivity contribution in [2.45, 2.75) is 38.9 Å². The lowest BCUT2D eigenvalue weighted by molar-refractivity contribution is -0.113. The molecule has 0 atom stereocenters. The highest BCUT2D eigenvalue weighted by atomic mass is 32.2. The molecule has 180 valence electrons. The number of benzene rings is 1. The summed E-state index contributed by atoms with van der Waals surface area (Å²) in [5, 5.41) is 12.6. The molecule has 3 rings (SSSR count). The van der Waals surface area contributed by atoms with Gasteiger partial charge in [0.05, 0.1) is 25.0 Å². The van der Waals surface area contributed by atoms with Gasteiger partial charge < -0.3 is 14.8 Å². The molecular formula is C24H28N4O4S2. The van der Waals surface area contributed by atoms with Gasteiger partial charge in [-0.25, -0.2) is 4.79 Å². The van der Waals surface area contributed by atoms with E-state index in [1.165, 1.54) is 30.2 Å². The van der Waals surface area contributed by atoms with Crippen molar-refractivity contribution in [2.75, 3.05) is 24.8 Å². The van der Waals surface area contributed by atoms with E-state index >= 15 is 0 Å². The van der Waals surface area contributed by atoms with Crippen LogP contribution in [0.15, 0.2) is 42.1 Å². The molecule has 1 N–H and O–H groups in total.